The van der Waals surface area contributed by atoms with Crippen LogP contribution in [0.25, 0.3) is 0 Å². The summed E-state index contributed by atoms with van der Waals surface area (Å²) in [7, 11) is -1.45. The summed E-state index contributed by atoms with van der Waals surface area (Å²) in [4.78, 5) is 2.41. The maximum absolute atomic E-state index is 5.71. The van der Waals surface area contributed by atoms with E-state index in [1.54, 1.807) is 0 Å². The summed E-state index contributed by atoms with van der Waals surface area (Å²) >= 11 is 0. The van der Waals surface area contributed by atoms with Crippen LogP contribution in [0.3, 0.4) is 0 Å². The first-order valence-electron chi connectivity index (χ1n) is 8.39. The Bertz CT molecular complexity index is 194. The van der Waals surface area contributed by atoms with Gasteiger partial charge >= 0.3 is 9.28 Å². The summed E-state index contributed by atoms with van der Waals surface area (Å²) in [5, 5.41) is 0. The Morgan fingerprint density at radius 3 is 1.67 bits per heavy atom. The van der Waals surface area contributed by atoms with Crippen molar-refractivity contribution >= 4 is 9.28 Å². The fraction of sp³-hybridized carbons (Fsp3) is 1.00. The van der Waals surface area contributed by atoms with E-state index in [0.29, 0.717) is 0 Å². The van der Waals surface area contributed by atoms with Gasteiger partial charge in [-0.15, -0.1) is 0 Å². The Hall–Kier alpha value is 0.0169. The van der Waals surface area contributed by atoms with Crippen LogP contribution in [0.5, 0.6) is 0 Å². The SMILES string of the molecule is CCOCCN(CCC[SiH](OCC)OCC)CCOCC. The van der Waals surface area contributed by atoms with Crippen LogP contribution in [0.2, 0.25) is 6.04 Å². The third-order valence-corrected chi connectivity index (χ3v) is 5.42. The first kappa shape index (κ1) is 21.0. The topological polar surface area (TPSA) is 40.2 Å². The monoisotopic (exact) mass is 321 g/mol. The quantitative estimate of drug-likeness (QED) is 0.321. The van der Waals surface area contributed by atoms with Gasteiger partial charge in [0.1, 0.15) is 0 Å². The average Bonchev–Trinajstić information content (AvgIpc) is 2.47. The molecule has 128 valence electrons. The summed E-state index contributed by atoms with van der Waals surface area (Å²) in [6, 6.07) is 1.07. The zero-order chi connectivity index (χ0) is 15.8. The predicted molar refractivity (Wildman–Crippen MR) is 89.3 cm³/mol. The largest absolute Gasteiger partial charge is 0.397 e. The molecule has 0 saturated carbocycles. The van der Waals surface area contributed by atoms with E-state index in [2.05, 4.69) is 4.90 Å². The fourth-order valence-corrected chi connectivity index (χ4v) is 3.77. The van der Waals surface area contributed by atoms with Gasteiger partial charge in [-0.2, -0.15) is 0 Å². The summed E-state index contributed by atoms with van der Waals surface area (Å²) in [5.41, 5.74) is 0. The molecular weight excluding hydrogens is 286 g/mol. The van der Waals surface area contributed by atoms with Crippen LogP contribution in [0.4, 0.5) is 0 Å². The minimum Gasteiger partial charge on any atom is -0.397 e. The van der Waals surface area contributed by atoms with Gasteiger partial charge in [0, 0.05) is 39.5 Å². The third-order valence-electron chi connectivity index (χ3n) is 3.13. The Kier molecular flexibility index (Phi) is 16.4. The maximum Gasteiger partial charge on any atom is 0.321 e. The lowest BCUT2D eigenvalue weighted by molar-refractivity contribution is 0.0825. The lowest BCUT2D eigenvalue weighted by Gasteiger charge is -2.23. The molecule has 5 nitrogen and oxygen atoms in total. The third kappa shape index (κ3) is 13.4. The molecular formula is C15H35NO4Si. The van der Waals surface area contributed by atoms with Gasteiger partial charge < -0.3 is 18.3 Å². The van der Waals surface area contributed by atoms with Gasteiger partial charge in [-0.25, -0.2) is 0 Å². The zero-order valence-electron chi connectivity index (χ0n) is 14.4. The normalized spacial score (nSPS) is 11.7. The van der Waals surface area contributed by atoms with Gasteiger partial charge in [0.15, 0.2) is 0 Å². The molecule has 0 aromatic rings. The van der Waals surface area contributed by atoms with E-state index in [-0.39, 0.29) is 0 Å². The molecule has 0 unspecified atom stereocenters. The highest BCUT2D eigenvalue weighted by Gasteiger charge is 2.13. The molecule has 0 spiro atoms. The molecule has 0 fully saturated rings. The molecule has 0 radical (unpaired) electrons. The van der Waals surface area contributed by atoms with E-state index < -0.39 is 9.28 Å². The van der Waals surface area contributed by atoms with Crippen LogP contribution in [-0.2, 0) is 18.3 Å². The number of hydrogen-bond donors (Lipinski definition) is 0. The van der Waals surface area contributed by atoms with Crippen molar-refractivity contribution in [3.8, 4) is 0 Å². The van der Waals surface area contributed by atoms with Crippen molar-refractivity contribution in [1.82, 2.24) is 4.90 Å². The number of nitrogens with zero attached hydrogens (tertiary/aromatic N) is 1. The Morgan fingerprint density at radius 1 is 0.714 bits per heavy atom. The highest BCUT2D eigenvalue weighted by Crippen LogP contribution is 2.04. The smallest absolute Gasteiger partial charge is 0.321 e. The van der Waals surface area contributed by atoms with Crippen molar-refractivity contribution in [3.05, 3.63) is 0 Å². The molecule has 0 rings (SSSR count). The van der Waals surface area contributed by atoms with Crippen LogP contribution < -0.4 is 0 Å². The fourth-order valence-electron chi connectivity index (χ4n) is 2.08. The number of ether oxygens (including phenoxy) is 2. The first-order valence-corrected chi connectivity index (χ1v) is 10.1. The second kappa shape index (κ2) is 16.4. The number of hydrogen-bond acceptors (Lipinski definition) is 5. The van der Waals surface area contributed by atoms with Gasteiger partial charge in [0.05, 0.1) is 13.2 Å². The summed E-state index contributed by atoms with van der Waals surface area (Å²) in [6.07, 6.45) is 1.12. The Morgan fingerprint density at radius 2 is 1.24 bits per heavy atom. The van der Waals surface area contributed by atoms with E-state index in [0.717, 1.165) is 71.7 Å². The number of rotatable bonds is 16. The molecule has 0 amide bonds. The van der Waals surface area contributed by atoms with Crippen LogP contribution in [0.1, 0.15) is 34.1 Å². The van der Waals surface area contributed by atoms with Crippen LogP contribution in [0.15, 0.2) is 0 Å². The Labute approximate surface area is 132 Å². The maximum atomic E-state index is 5.71. The molecule has 0 heterocycles. The minimum absolute atomic E-state index is 0.759. The molecule has 0 bridgehead atoms. The molecule has 0 aliphatic carbocycles. The Balaban J connectivity index is 3.94. The zero-order valence-corrected chi connectivity index (χ0v) is 15.6. The van der Waals surface area contributed by atoms with Gasteiger partial charge in [0.25, 0.3) is 0 Å². The van der Waals surface area contributed by atoms with E-state index in [1.807, 2.05) is 27.7 Å². The molecule has 0 aliphatic rings. The molecule has 6 heteroatoms. The van der Waals surface area contributed by atoms with Gasteiger partial charge in [-0.05, 0) is 46.7 Å². The van der Waals surface area contributed by atoms with Crippen LogP contribution in [-0.4, -0.2) is 73.5 Å². The second-order valence-electron chi connectivity index (χ2n) is 4.72. The average molecular weight is 322 g/mol. The molecule has 0 atom stereocenters. The van der Waals surface area contributed by atoms with Crippen molar-refractivity contribution in [2.75, 3.05) is 59.3 Å². The molecule has 21 heavy (non-hydrogen) atoms. The first-order chi connectivity index (χ1) is 10.3. The predicted octanol–water partition coefficient (Wildman–Crippen LogP) is 2.04. The van der Waals surface area contributed by atoms with Crippen molar-refractivity contribution in [3.63, 3.8) is 0 Å². The van der Waals surface area contributed by atoms with Crippen molar-refractivity contribution < 1.29 is 18.3 Å². The van der Waals surface area contributed by atoms with E-state index >= 15 is 0 Å². The van der Waals surface area contributed by atoms with E-state index in [9.17, 15) is 0 Å². The van der Waals surface area contributed by atoms with E-state index in [1.165, 1.54) is 0 Å². The lowest BCUT2D eigenvalue weighted by atomic mass is 10.4. The van der Waals surface area contributed by atoms with Crippen molar-refractivity contribution in [2.45, 2.75) is 40.2 Å². The highest BCUT2D eigenvalue weighted by atomic mass is 28.3. The summed E-state index contributed by atoms with van der Waals surface area (Å²) < 4.78 is 22.3. The van der Waals surface area contributed by atoms with Gasteiger partial charge in [-0.1, -0.05) is 0 Å². The highest BCUT2D eigenvalue weighted by molar-refractivity contribution is 6.44. The lowest BCUT2D eigenvalue weighted by Crippen LogP contribution is -2.33. The van der Waals surface area contributed by atoms with Gasteiger partial charge in [-0.3, -0.25) is 4.90 Å². The summed E-state index contributed by atoms with van der Waals surface area (Å²) in [5.74, 6) is 0. The van der Waals surface area contributed by atoms with E-state index in [4.69, 9.17) is 18.3 Å². The minimum atomic E-state index is -1.45. The van der Waals surface area contributed by atoms with Crippen LogP contribution in [0, 0.1) is 0 Å². The molecule has 0 saturated heterocycles. The van der Waals surface area contributed by atoms with Crippen molar-refractivity contribution in [2.24, 2.45) is 0 Å². The van der Waals surface area contributed by atoms with Gasteiger partial charge in [0.2, 0.25) is 0 Å². The standard InChI is InChI=1S/C15H35NO4Si/c1-5-17-13-11-16(12-14-18-6-2)10-9-15-21(19-7-3)20-8-4/h21H,5-15H2,1-4H3. The van der Waals surface area contributed by atoms with Crippen LogP contribution >= 0.6 is 0 Å². The molecule has 0 aromatic carbocycles. The summed E-state index contributed by atoms with van der Waals surface area (Å²) in [6.45, 7) is 15.8. The molecule has 0 aliphatic heterocycles. The molecule has 0 aromatic heterocycles. The van der Waals surface area contributed by atoms with Crippen molar-refractivity contribution in [1.29, 1.82) is 0 Å². The second-order valence-corrected chi connectivity index (χ2v) is 6.82. The molecule has 0 N–H and O–H groups in total.